The average Bonchev–Trinajstić information content (AvgIpc) is 2.61. The Kier molecular flexibility index (Phi) is 4.82. The Labute approximate surface area is 167 Å². The first kappa shape index (κ1) is 17.5. The predicted octanol–water partition coefficient (Wildman–Crippen LogP) is 0.610. The first-order valence-electron chi connectivity index (χ1n) is 7.67. The van der Waals surface area contributed by atoms with Crippen molar-refractivity contribution >= 4 is 33.2 Å². The van der Waals surface area contributed by atoms with E-state index in [2.05, 4.69) is 0 Å². The predicted molar refractivity (Wildman–Crippen MR) is 95.6 cm³/mol. The summed E-state index contributed by atoms with van der Waals surface area (Å²) in [5.74, 6) is -1.21. The molecule has 4 heteroatoms. The van der Waals surface area contributed by atoms with Crippen LogP contribution in [0.5, 0.6) is 0 Å². The fourth-order valence-corrected chi connectivity index (χ4v) is 3.28. The van der Waals surface area contributed by atoms with E-state index in [9.17, 15) is 9.90 Å². The van der Waals surface area contributed by atoms with Crippen LogP contribution in [-0.4, -0.2) is 5.97 Å². The number of carboxylic acids is 1. The van der Waals surface area contributed by atoms with E-state index in [1.807, 2.05) is 60.7 Å². The van der Waals surface area contributed by atoms with Crippen LogP contribution in [0.1, 0.15) is 10.4 Å². The van der Waals surface area contributed by atoms with Gasteiger partial charge in [0, 0.05) is 22.4 Å². The van der Waals surface area contributed by atoms with E-state index in [1.54, 1.807) is 12.1 Å². The fourth-order valence-electron chi connectivity index (χ4n) is 3.28. The summed E-state index contributed by atoms with van der Waals surface area (Å²) in [6, 6.07) is 22.7. The van der Waals surface area contributed by atoms with Crippen molar-refractivity contribution in [3.05, 3.63) is 78.4 Å². The van der Waals surface area contributed by atoms with Crippen molar-refractivity contribution in [1.82, 2.24) is 0 Å². The maximum absolute atomic E-state index is 11.7. The van der Waals surface area contributed by atoms with E-state index < -0.39 is 5.97 Å². The van der Waals surface area contributed by atoms with Crippen LogP contribution in [0.15, 0.2) is 72.8 Å². The Morgan fingerprint density at radius 1 is 0.720 bits per heavy atom. The van der Waals surface area contributed by atoms with Gasteiger partial charge in [-0.25, -0.2) is 0 Å². The van der Waals surface area contributed by atoms with Gasteiger partial charge in [-0.1, -0.05) is 66.7 Å². The minimum Gasteiger partial charge on any atom is -0.545 e. The third-order valence-corrected chi connectivity index (χ3v) is 4.36. The Morgan fingerprint density at radius 2 is 1.24 bits per heavy atom. The van der Waals surface area contributed by atoms with Gasteiger partial charge in [0.05, 0.1) is 5.97 Å². The molecule has 3 nitrogen and oxygen atoms in total. The third-order valence-electron chi connectivity index (χ3n) is 4.36. The summed E-state index contributed by atoms with van der Waals surface area (Å²) in [6.07, 6.45) is 0. The van der Waals surface area contributed by atoms with Crippen molar-refractivity contribution < 1.29 is 39.5 Å². The summed E-state index contributed by atoms with van der Waals surface area (Å²) in [4.78, 5) is 11.7. The van der Waals surface area contributed by atoms with Gasteiger partial charge in [-0.2, -0.15) is 0 Å². The van der Waals surface area contributed by atoms with Gasteiger partial charge in [0.25, 0.3) is 0 Å². The van der Waals surface area contributed by atoms with Crippen LogP contribution in [0.4, 0.5) is 5.69 Å². The van der Waals surface area contributed by atoms with Crippen LogP contribution >= 0.6 is 0 Å². The zero-order valence-corrected chi connectivity index (χ0v) is 15.8. The van der Waals surface area contributed by atoms with Crippen LogP contribution in [-0.2, 0) is 0 Å². The van der Waals surface area contributed by atoms with E-state index in [1.165, 1.54) is 0 Å². The zero-order valence-electron chi connectivity index (χ0n) is 13.8. The molecule has 0 aliphatic rings. The third kappa shape index (κ3) is 2.91. The Morgan fingerprint density at radius 3 is 1.84 bits per heavy atom. The van der Waals surface area contributed by atoms with Crippen LogP contribution in [0.25, 0.3) is 32.7 Å². The molecule has 0 aromatic heterocycles. The van der Waals surface area contributed by atoms with Crippen molar-refractivity contribution in [2.75, 3.05) is 5.73 Å². The molecule has 116 valence electrons. The number of nitrogen functional groups attached to an aromatic ring is 1. The van der Waals surface area contributed by atoms with Gasteiger partial charge in [0.2, 0.25) is 0 Å². The molecule has 0 bridgehead atoms. The molecule has 25 heavy (non-hydrogen) atoms. The monoisotopic (exact) mass is 335 g/mol. The number of carbonyl (C=O) groups is 1. The number of hydrogen-bond acceptors (Lipinski definition) is 3. The molecule has 0 unspecified atom stereocenters. The van der Waals surface area contributed by atoms with Crippen molar-refractivity contribution in [3.8, 4) is 11.1 Å². The number of benzene rings is 4. The molecule has 0 aliphatic carbocycles. The molecule has 0 spiro atoms. The van der Waals surface area contributed by atoms with Gasteiger partial charge < -0.3 is 15.6 Å². The van der Waals surface area contributed by atoms with Crippen LogP contribution in [0.3, 0.4) is 0 Å². The number of carboxylic acid groups (broad SMARTS) is 1. The topological polar surface area (TPSA) is 66.2 Å². The molecule has 0 aliphatic heterocycles. The van der Waals surface area contributed by atoms with E-state index in [0.29, 0.717) is 11.3 Å². The number of nitrogens with two attached hydrogens (primary N) is 1. The zero-order chi connectivity index (χ0) is 16.7. The number of hydrogen-bond donors (Lipinski definition) is 1. The van der Waals surface area contributed by atoms with Gasteiger partial charge in [-0.05, 0) is 27.6 Å². The summed E-state index contributed by atoms with van der Waals surface area (Å²) in [5.41, 5.74) is 8.32. The van der Waals surface area contributed by atoms with Crippen molar-refractivity contribution in [1.29, 1.82) is 0 Å². The molecule has 0 saturated heterocycles. The molecular formula is C21H14NNaO2. The fraction of sp³-hybridized carbons (Fsp3) is 0. The molecule has 0 saturated carbocycles. The Bertz CT molecular complexity index is 1110. The number of anilines is 1. The van der Waals surface area contributed by atoms with Crippen LogP contribution in [0, 0.1) is 0 Å². The summed E-state index contributed by atoms with van der Waals surface area (Å²) in [6.45, 7) is 0. The van der Waals surface area contributed by atoms with Crippen molar-refractivity contribution in [3.63, 3.8) is 0 Å². The van der Waals surface area contributed by atoms with Gasteiger partial charge in [0.1, 0.15) is 0 Å². The minimum absolute atomic E-state index is 0. The van der Waals surface area contributed by atoms with E-state index in [-0.39, 0.29) is 35.1 Å². The normalized spacial score (nSPS) is 10.6. The number of aromatic carboxylic acids is 1. The minimum atomic E-state index is -1.21. The Balaban J connectivity index is 0.00000182. The second kappa shape index (κ2) is 6.89. The summed E-state index contributed by atoms with van der Waals surface area (Å²) in [7, 11) is 0. The summed E-state index contributed by atoms with van der Waals surface area (Å²) < 4.78 is 0. The maximum atomic E-state index is 11.7. The van der Waals surface area contributed by atoms with Gasteiger partial charge in [0.15, 0.2) is 0 Å². The average molecular weight is 335 g/mol. The van der Waals surface area contributed by atoms with Gasteiger partial charge in [-0.15, -0.1) is 0 Å². The number of carbonyl (C=O) groups excluding carboxylic acids is 1. The number of rotatable bonds is 2. The second-order valence-electron chi connectivity index (χ2n) is 5.75. The molecular weight excluding hydrogens is 321 g/mol. The van der Waals surface area contributed by atoms with E-state index in [4.69, 9.17) is 5.73 Å². The molecule has 4 aromatic carbocycles. The first-order valence-corrected chi connectivity index (χ1v) is 7.67. The first-order chi connectivity index (χ1) is 11.7. The molecule has 0 heterocycles. The molecule has 0 fully saturated rings. The molecule has 2 N–H and O–H groups in total. The van der Waals surface area contributed by atoms with Crippen LogP contribution < -0.4 is 40.4 Å². The molecule has 4 aromatic rings. The summed E-state index contributed by atoms with van der Waals surface area (Å²) in [5, 5.41) is 15.5. The van der Waals surface area contributed by atoms with Crippen molar-refractivity contribution in [2.45, 2.75) is 0 Å². The largest absolute Gasteiger partial charge is 1.00 e. The maximum Gasteiger partial charge on any atom is 1.00 e. The van der Waals surface area contributed by atoms with Gasteiger partial charge in [-0.3, -0.25) is 0 Å². The van der Waals surface area contributed by atoms with Crippen LogP contribution in [0.2, 0.25) is 0 Å². The summed E-state index contributed by atoms with van der Waals surface area (Å²) >= 11 is 0. The molecule has 0 radical (unpaired) electrons. The Hall–Kier alpha value is -2.33. The van der Waals surface area contributed by atoms with E-state index in [0.717, 1.165) is 27.1 Å². The molecule has 0 amide bonds. The number of fused-ring (bicyclic) bond motifs is 2. The second-order valence-corrected chi connectivity index (χ2v) is 5.75. The van der Waals surface area contributed by atoms with E-state index >= 15 is 0 Å². The quantitative estimate of drug-likeness (QED) is 0.431. The molecule has 0 atom stereocenters. The standard InChI is InChI=1S/C21H15NO2.Na/c22-18-12-10-14-6-2-4-8-16(14)20(18)19-15-7-3-1-5-13(15)9-11-17(19)21(23)24;/h1-12H,22H2,(H,23,24);/q;+1/p-1. The van der Waals surface area contributed by atoms with Crippen molar-refractivity contribution in [2.24, 2.45) is 0 Å². The smallest absolute Gasteiger partial charge is 0.545 e. The molecule has 4 rings (SSSR count). The SMILES string of the molecule is Nc1ccc2ccccc2c1-c1c(C(=O)[O-])ccc2ccccc12.[Na+]. The van der Waals surface area contributed by atoms with Gasteiger partial charge >= 0.3 is 29.6 Å².